The van der Waals surface area contributed by atoms with Gasteiger partial charge in [0.15, 0.2) is 0 Å². The zero-order chi connectivity index (χ0) is 22.5. The predicted molar refractivity (Wildman–Crippen MR) is 66.9 cm³/mol. The van der Waals surface area contributed by atoms with Gasteiger partial charge in [-0.2, -0.15) is 39.5 Å². The van der Waals surface area contributed by atoms with Crippen LogP contribution >= 0.6 is 0 Å². The van der Waals surface area contributed by atoms with Crippen molar-refractivity contribution in [1.82, 2.24) is 0 Å². The molecule has 27 heavy (non-hydrogen) atoms. The van der Waals surface area contributed by atoms with E-state index in [0.717, 1.165) is 0 Å². The fourth-order valence-corrected chi connectivity index (χ4v) is 2.23. The Hall–Kier alpha value is -1.18. The van der Waals surface area contributed by atoms with Crippen LogP contribution in [-0.2, 0) is 9.53 Å². The summed E-state index contributed by atoms with van der Waals surface area (Å²) in [7, 11) is 0. The lowest BCUT2D eigenvalue weighted by molar-refractivity contribution is -0.446. The number of hydrogen-bond acceptors (Lipinski definition) is 3. The van der Waals surface area contributed by atoms with Gasteiger partial charge in [0.2, 0.25) is 0 Å². The molecule has 3 unspecified atom stereocenters. The molecule has 0 aromatic carbocycles. The van der Waals surface area contributed by atoms with Gasteiger partial charge in [0, 0.05) is 0 Å². The minimum atomic E-state index is -6.64. The highest BCUT2D eigenvalue weighted by molar-refractivity contribution is 5.81. The Morgan fingerprint density at radius 2 is 1.22 bits per heavy atom. The molecular formula is C13H15F11O3. The molecule has 0 aliphatic carbocycles. The molecule has 3 atom stereocenters. The number of ether oxygens (including phenoxy) is 1. The zero-order valence-electron chi connectivity index (χ0n) is 14.1. The van der Waals surface area contributed by atoms with Gasteiger partial charge in [0.05, 0.1) is 0 Å². The van der Waals surface area contributed by atoms with Gasteiger partial charge in [-0.1, -0.05) is 6.92 Å². The largest absolute Gasteiger partial charge is 0.435 e. The number of aliphatic hydroxyl groups is 1. The lowest BCUT2D eigenvalue weighted by Crippen LogP contribution is -2.72. The van der Waals surface area contributed by atoms with E-state index in [1.54, 1.807) is 0 Å². The van der Waals surface area contributed by atoms with Crippen LogP contribution in [0.3, 0.4) is 0 Å². The van der Waals surface area contributed by atoms with Crippen LogP contribution < -0.4 is 0 Å². The Kier molecular flexibility index (Phi) is 6.41. The second-order valence-corrected chi connectivity index (χ2v) is 6.35. The third-order valence-corrected chi connectivity index (χ3v) is 4.05. The lowest BCUT2D eigenvalue weighted by Gasteiger charge is -2.47. The second kappa shape index (κ2) is 6.71. The van der Waals surface area contributed by atoms with Crippen LogP contribution in [0.2, 0.25) is 0 Å². The minimum Gasteiger partial charge on any atom is -0.386 e. The third-order valence-electron chi connectivity index (χ3n) is 4.05. The van der Waals surface area contributed by atoms with E-state index in [4.69, 9.17) is 0 Å². The summed E-state index contributed by atoms with van der Waals surface area (Å²) in [6.45, 7) is -0.0503. The van der Waals surface area contributed by atoms with Gasteiger partial charge in [-0.3, -0.25) is 4.79 Å². The Bertz CT molecular complexity index is 549. The second-order valence-electron chi connectivity index (χ2n) is 6.35. The van der Waals surface area contributed by atoms with Crippen LogP contribution in [0.15, 0.2) is 0 Å². The number of carbonyl (C=O) groups is 1. The molecule has 0 rings (SSSR count). The average molecular weight is 428 g/mol. The van der Waals surface area contributed by atoms with Crippen molar-refractivity contribution in [2.24, 2.45) is 0 Å². The molecule has 0 aromatic heterocycles. The highest BCUT2D eigenvalue weighted by Gasteiger charge is 2.82. The summed E-state index contributed by atoms with van der Waals surface area (Å²) in [6.07, 6.45) is -21.2. The average Bonchev–Trinajstić information content (AvgIpc) is 2.40. The molecule has 0 heterocycles. The Balaban J connectivity index is 6.67. The van der Waals surface area contributed by atoms with Crippen LogP contribution in [0.5, 0.6) is 0 Å². The van der Waals surface area contributed by atoms with E-state index in [1.165, 1.54) is 0 Å². The summed E-state index contributed by atoms with van der Waals surface area (Å²) in [4.78, 5) is 10.6. The van der Waals surface area contributed by atoms with Gasteiger partial charge >= 0.3 is 35.8 Å². The monoisotopic (exact) mass is 428 g/mol. The van der Waals surface area contributed by atoms with Crippen molar-refractivity contribution in [2.75, 3.05) is 0 Å². The highest BCUT2D eigenvalue weighted by atomic mass is 19.4. The summed E-state index contributed by atoms with van der Waals surface area (Å²) >= 11 is 0. The Labute approximate surface area is 145 Å². The highest BCUT2D eigenvalue weighted by Crippen LogP contribution is 2.56. The first kappa shape index (κ1) is 25.8. The third kappa shape index (κ3) is 3.74. The summed E-state index contributed by atoms with van der Waals surface area (Å²) in [5.41, 5.74) is -20.3. The zero-order valence-corrected chi connectivity index (χ0v) is 14.1. The van der Waals surface area contributed by atoms with Gasteiger partial charge in [0.25, 0.3) is 0 Å². The fourth-order valence-electron chi connectivity index (χ4n) is 2.23. The van der Waals surface area contributed by atoms with Crippen molar-refractivity contribution < 1.29 is 62.9 Å². The van der Waals surface area contributed by atoms with Crippen molar-refractivity contribution in [1.29, 1.82) is 0 Å². The van der Waals surface area contributed by atoms with E-state index >= 15 is 0 Å². The molecule has 0 aromatic rings. The molecule has 1 N–H and O–H groups in total. The van der Waals surface area contributed by atoms with E-state index in [1.807, 2.05) is 0 Å². The van der Waals surface area contributed by atoms with Crippen molar-refractivity contribution in [3.05, 3.63) is 0 Å². The van der Waals surface area contributed by atoms with E-state index in [9.17, 15) is 58.2 Å². The minimum absolute atomic E-state index is 0.103. The van der Waals surface area contributed by atoms with Gasteiger partial charge in [0.1, 0.15) is 11.2 Å². The molecule has 0 aliphatic heterocycles. The van der Waals surface area contributed by atoms with E-state index in [2.05, 4.69) is 4.74 Å². The van der Waals surface area contributed by atoms with E-state index in [0.29, 0.717) is 6.92 Å². The normalized spacial score (nSPS) is 21.2. The Morgan fingerprint density at radius 3 is 1.41 bits per heavy atom. The number of rotatable bonds is 7. The van der Waals surface area contributed by atoms with Gasteiger partial charge in [-0.05, 0) is 27.2 Å². The molecule has 0 aliphatic rings. The summed E-state index contributed by atoms with van der Waals surface area (Å²) in [5.74, 6) is 0. The smallest absolute Gasteiger partial charge is 0.386 e. The van der Waals surface area contributed by atoms with Crippen molar-refractivity contribution in [3.8, 4) is 0 Å². The topological polar surface area (TPSA) is 46.5 Å². The number of hydrogen-bond donors (Lipinski definition) is 1. The van der Waals surface area contributed by atoms with Crippen LogP contribution in [0.4, 0.5) is 48.3 Å². The van der Waals surface area contributed by atoms with Crippen LogP contribution in [0.1, 0.15) is 34.1 Å². The first-order chi connectivity index (χ1) is 11.5. The number of halogens is 11. The summed E-state index contributed by atoms with van der Waals surface area (Å²) in [5, 5.41) is 9.24. The van der Waals surface area contributed by atoms with Gasteiger partial charge in [-0.25, -0.2) is 8.78 Å². The number of carbonyl (C=O) groups excluding carboxylic acids is 1. The van der Waals surface area contributed by atoms with Gasteiger partial charge < -0.3 is 9.84 Å². The molecule has 0 amide bonds. The maximum Gasteiger partial charge on any atom is 0.435 e. The van der Waals surface area contributed by atoms with E-state index < -0.39 is 53.5 Å². The summed E-state index contributed by atoms with van der Waals surface area (Å²) in [6, 6.07) is -3.89. The molecule has 0 spiro atoms. The molecule has 162 valence electrons. The van der Waals surface area contributed by atoms with Crippen LogP contribution in [-0.4, -0.2) is 52.1 Å². The SMILES string of the molecule is CCC(C)(OC(F)(F)C(F)(C(C)(C)O)C(F)(F)F)C(F)(C(=O)F)C(F)(F)F. The fraction of sp³-hybridized carbons (Fsp3) is 0.923. The molecule has 0 fully saturated rings. The first-order valence-electron chi connectivity index (χ1n) is 6.98. The van der Waals surface area contributed by atoms with Crippen molar-refractivity contribution in [2.45, 2.75) is 75.1 Å². The quantitative estimate of drug-likeness (QED) is 0.478. The summed E-state index contributed by atoms with van der Waals surface area (Å²) < 4.78 is 150. The molecule has 0 saturated heterocycles. The van der Waals surface area contributed by atoms with E-state index in [-0.39, 0.29) is 20.8 Å². The van der Waals surface area contributed by atoms with Crippen molar-refractivity contribution >= 4 is 6.04 Å². The Morgan fingerprint density at radius 1 is 0.852 bits per heavy atom. The number of alkyl halides is 10. The molecular weight excluding hydrogens is 413 g/mol. The van der Waals surface area contributed by atoms with Crippen molar-refractivity contribution in [3.63, 3.8) is 0 Å². The predicted octanol–water partition coefficient (Wildman–Crippen LogP) is 4.57. The maximum atomic E-state index is 14.3. The molecule has 14 heteroatoms. The van der Waals surface area contributed by atoms with Gasteiger partial charge in [-0.15, -0.1) is 0 Å². The standard InChI is InChI=1S/C13H15F11O3/c1-5-8(4,9(15,6(14)25)11(17,18)19)27-13(23,24)10(16,7(2,3)26)12(20,21)22/h26H,5H2,1-4H3. The lowest BCUT2D eigenvalue weighted by atomic mass is 9.81. The molecule has 0 radical (unpaired) electrons. The first-order valence-corrected chi connectivity index (χ1v) is 6.98. The molecule has 3 nitrogen and oxygen atoms in total. The van der Waals surface area contributed by atoms with Crippen LogP contribution in [0, 0.1) is 0 Å². The molecule has 0 bridgehead atoms. The van der Waals surface area contributed by atoms with Crippen LogP contribution in [0.25, 0.3) is 0 Å². The molecule has 0 saturated carbocycles. The maximum absolute atomic E-state index is 14.3.